The van der Waals surface area contributed by atoms with Gasteiger partial charge in [-0.05, 0) is 49.0 Å². The van der Waals surface area contributed by atoms with E-state index < -0.39 is 0 Å². The Labute approximate surface area is 120 Å². The van der Waals surface area contributed by atoms with Gasteiger partial charge >= 0.3 is 0 Å². The zero-order chi connectivity index (χ0) is 14.1. The average Bonchev–Trinajstić information content (AvgIpc) is 3.01. The fourth-order valence-corrected chi connectivity index (χ4v) is 3.91. The lowest BCUT2D eigenvalue weighted by atomic mass is 9.93. The molecule has 110 valence electrons. The van der Waals surface area contributed by atoms with E-state index in [4.69, 9.17) is 4.74 Å². The lowest BCUT2D eigenvalue weighted by molar-refractivity contribution is 0.210. The van der Waals surface area contributed by atoms with Gasteiger partial charge in [0.05, 0.1) is 7.11 Å². The first-order valence-electron chi connectivity index (χ1n) is 7.53. The van der Waals surface area contributed by atoms with Gasteiger partial charge in [0.2, 0.25) is 0 Å². The molecule has 0 amide bonds. The van der Waals surface area contributed by atoms with Gasteiger partial charge in [-0.1, -0.05) is 13.0 Å². The summed E-state index contributed by atoms with van der Waals surface area (Å²) in [6.45, 7) is 6.74. The van der Waals surface area contributed by atoms with Gasteiger partial charge in [0.1, 0.15) is 0 Å². The van der Waals surface area contributed by atoms with Crippen molar-refractivity contribution >= 4 is 0 Å². The summed E-state index contributed by atoms with van der Waals surface area (Å²) in [5, 5.41) is 13.2. The molecule has 0 aromatic heterocycles. The summed E-state index contributed by atoms with van der Waals surface area (Å²) in [5.41, 5.74) is 1.21. The molecule has 2 aliphatic rings. The molecule has 2 fully saturated rings. The fourth-order valence-electron chi connectivity index (χ4n) is 3.91. The predicted molar refractivity (Wildman–Crippen MR) is 79.0 cm³/mol. The molecular formula is C16H24N2O2. The second-order valence-corrected chi connectivity index (χ2v) is 5.99. The maximum atomic E-state index is 9.68. The SMILES string of the molecule is CCC1C2CNCC2CN1Cc1ccc(O)c(OC)c1. The second-order valence-electron chi connectivity index (χ2n) is 5.99. The van der Waals surface area contributed by atoms with E-state index in [-0.39, 0.29) is 5.75 Å². The monoisotopic (exact) mass is 276 g/mol. The Kier molecular flexibility index (Phi) is 3.85. The van der Waals surface area contributed by atoms with E-state index in [9.17, 15) is 5.11 Å². The Morgan fingerprint density at radius 3 is 3.00 bits per heavy atom. The summed E-state index contributed by atoms with van der Waals surface area (Å²) in [5.74, 6) is 2.39. The van der Waals surface area contributed by atoms with Crippen molar-refractivity contribution in [3.05, 3.63) is 23.8 Å². The van der Waals surface area contributed by atoms with Crippen molar-refractivity contribution in [1.29, 1.82) is 0 Å². The largest absolute Gasteiger partial charge is 0.504 e. The van der Waals surface area contributed by atoms with E-state index in [1.54, 1.807) is 13.2 Å². The first kappa shape index (κ1) is 13.7. The standard InChI is InChI=1S/C16H24N2O2/c1-3-14-13-8-17-7-12(13)10-18(14)9-11-4-5-15(19)16(6-11)20-2/h4-6,12-14,17,19H,3,7-10H2,1-2H3. The van der Waals surface area contributed by atoms with Crippen LogP contribution >= 0.6 is 0 Å². The number of aromatic hydroxyl groups is 1. The van der Waals surface area contributed by atoms with Crippen molar-refractivity contribution in [2.75, 3.05) is 26.7 Å². The van der Waals surface area contributed by atoms with Crippen LogP contribution in [0.4, 0.5) is 0 Å². The van der Waals surface area contributed by atoms with E-state index in [0.29, 0.717) is 11.8 Å². The van der Waals surface area contributed by atoms with Crippen LogP contribution in [0.25, 0.3) is 0 Å². The Bertz CT molecular complexity index is 478. The van der Waals surface area contributed by atoms with Crippen LogP contribution in [-0.2, 0) is 6.54 Å². The molecule has 0 bridgehead atoms. The zero-order valence-corrected chi connectivity index (χ0v) is 12.3. The molecule has 4 heteroatoms. The van der Waals surface area contributed by atoms with E-state index in [1.807, 2.05) is 12.1 Å². The van der Waals surface area contributed by atoms with Crippen LogP contribution in [0, 0.1) is 11.8 Å². The highest BCUT2D eigenvalue weighted by molar-refractivity contribution is 5.41. The highest BCUT2D eigenvalue weighted by Gasteiger charge is 2.42. The average molecular weight is 276 g/mol. The first-order chi connectivity index (χ1) is 9.72. The normalized spacial score (nSPS) is 29.6. The molecule has 0 spiro atoms. The molecule has 2 N–H and O–H groups in total. The van der Waals surface area contributed by atoms with Gasteiger partial charge in [-0.15, -0.1) is 0 Å². The maximum absolute atomic E-state index is 9.68. The predicted octanol–water partition coefficient (Wildman–Crippen LogP) is 1.83. The van der Waals surface area contributed by atoms with E-state index >= 15 is 0 Å². The van der Waals surface area contributed by atoms with Crippen molar-refractivity contribution in [3.8, 4) is 11.5 Å². The first-order valence-corrected chi connectivity index (χ1v) is 7.53. The summed E-state index contributed by atoms with van der Waals surface area (Å²) in [6.07, 6.45) is 1.21. The van der Waals surface area contributed by atoms with Crippen LogP contribution in [0.1, 0.15) is 18.9 Å². The third kappa shape index (κ3) is 2.38. The van der Waals surface area contributed by atoms with Crippen molar-refractivity contribution in [3.63, 3.8) is 0 Å². The fraction of sp³-hybridized carbons (Fsp3) is 0.625. The molecule has 20 heavy (non-hydrogen) atoms. The summed E-state index contributed by atoms with van der Waals surface area (Å²) >= 11 is 0. The topological polar surface area (TPSA) is 44.7 Å². The number of fused-ring (bicyclic) bond motifs is 1. The van der Waals surface area contributed by atoms with Gasteiger partial charge in [0.15, 0.2) is 11.5 Å². The number of methoxy groups -OCH3 is 1. The summed E-state index contributed by atoms with van der Waals surface area (Å²) in [6, 6.07) is 6.36. The third-order valence-corrected chi connectivity index (χ3v) is 4.87. The molecular weight excluding hydrogens is 252 g/mol. The molecule has 3 atom stereocenters. The van der Waals surface area contributed by atoms with Gasteiger partial charge in [0, 0.05) is 19.1 Å². The van der Waals surface area contributed by atoms with Crippen molar-refractivity contribution in [2.24, 2.45) is 11.8 Å². The van der Waals surface area contributed by atoms with Gasteiger partial charge in [-0.3, -0.25) is 4.90 Å². The number of hydrogen-bond acceptors (Lipinski definition) is 4. The molecule has 0 aliphatic carbocycles. The second kappa shape index (κ2) is 5.62. The van der Waals surface area contributed by atoms with Crippen LogP contribution in [0.5, 0.6) is 11.5 Å². The highest BCUT2D eigenvalue weighted by Crippen LogP contribution is 2.36. The summed E-state index contributed by atoms with van der Waals surface area (Å²) in [4.78, 5) is 2.60. The zero-order valence-electron chi connectivity index (χ0n) is 12.3. The molecule has 3 unspecified atom stereocenters. The number of benzene rings is 1. The van der Waals surface area contributed by atoms with Crippen molar-refractivity contribution < 1.29 is 9.84 Å². The van der Waals surface area contributed by atoms with Crippen LogP contribution < -0.4 is 10.1 Å². The molecule has 0 saturated carbocycles. The number of phenols is 1. The smallest absolute Gasteiger partial charge is 0.160 e. The summed E-state index contributed by atoms with van der Waals surface area (Å²) in [7, 11) is 1.60. The third-order valence-electron chi connectivity index (χ3n) is 4.87. The van der Waals surface area contributed by atoms with E-state index in [0.717, 1.165) is 24.9 Å². The Balaban J connectivity index is 1.74. The van der Waals surface area contributed by atoms with Crippen LogP contribution in [0.15, 0.2) is 18.2 Å². The van der Waals surface area contributed by atoms with Crippen LogP contribution in [-0.4, -0.2) is 42.8 Å². The molecule has 2 aliphatic heterocycles. The molecule has 3 rings (SSSR count). The number of phenolic OH excluding ortho intramolecular Hbond substituents is 1. The van der Waals surface area contributed by atoms with Crippen molar-refractivity contribution in [2.45, 2.75) is 25.9 Å². The quantitative estimate of drug-likeness (QED) is 0.880. The van der Waals surface area contributed by atoms with Gasteiger partial charge in [0.25, 0.3) is 0 Å². The van der Waals surface area contributed by atoms with Gasteiger partial charge in [-0.2, -0.15) is 0 Å². The molecule has 2 saturated heterocycles. The number of nitrogens with zero attached hydrogens (tertiary/aromatic N) is 1. The van der Waals surface area contributed by atoms with Crippen LogP contribution in [0.3, 0.4) is 0 Å². The highest BCUT2D eigenvalue weighted by atomic mass is 16.5. The molecule has 4 nitrogen and oxygen atoms in total. The van der Waals surface area contributed by atoms with E-state index in [1.165, 1.54) is 25.1 Å². The van der Waals surface area contributed by atoms with Gasteiger partial charge < -0.3 is 15.2 Å². The molecule has 0 radical (unpaired) electrons. The number of rotatable bonds is 4. The number of ether oxygens (including phenoxy) is 1. The minimum atomic E-state index is 0.214. The van der Waals surface area contributed by atoms with Crippen molar-refractivity contribution in [1.82, 2.24) is 10.2 Å². The van der Waals surface area contributed by atoms with Crippen LogP contribution in [0.2, 0.25) is 0 Å². The Morgan fingerprint density at radius 2 is 2.25 bits per heavy atom. The maximum Gasteiger partial charge on any atom is 0.160 e. The minimum Gasteiger partial charge on any atom is -0.504 e. The lowest BCUT2D eigenvalue weighted by Gasteiger charge is -2.27. The number of nitrogens with one attached hydrogen (secondary N) is 1. The van der Waals surface area contributed by atoms with Gasteiger partial charge in [-0.25, -0.2) is 0 Å². The minimum absolute atomic E-state index is 0.214. The Hall–Kier alpha value is -1.26. The molecule has 1 aromatic rings. The van der Waals surface area contributed by atoms with E-state index in [2.05, 4.69) is 17.1 Å². The Morgan fingerprint density at radius 1 is 1.40 bits per heavy atom. The number of likely N-dealkylation sites (tertiary alicyclic amines) is 1. The molecule has 2 heterocycles. The summed E-state index contributed by atoms with van der Waals surface area (Å²) < 4.78 is 5.20. The molecule has 1 aromatic carbocycles. The lowest BCUT2D eigenvalue weighted by Crippen LogP contribution is -2.34. The number of hydrogen-bond donors (Lipinski definition) is 2.